The van der Waals surface area contributed by atoms with E-state index in [0.717, 1.165) is 23.5 Å². The number of sulfonamides is 1. The molecule has 1 fully saturated rings. The molecule has 1 atom stereocenters. The zero-order valence-corrected chi connectivity index (χ0v) is 14.9. The molecule has 0 radical (unpaired) electrons. The molecule has 0 bridgehead atoms. The molecule has 1 aliphatic rings. The van der Waals surface area contributed by atoms with Crippen molar-refractivity contribution in [3.63, 3.8) is 0 Å². The third-order valence-electron chi connectivity index (χ3n) is 4.12. The topological polar surface area (TPSA) is 91.3 Å². The van der Waals surface area contributed by atoms with Gasteiger partial charge in [0, 0.05) is 12.7 Å². The third kappa shape index (κ3) is 4.20. The number of thiophene rings is 1. The maximum absolute atomic E-state index is 12.5. The van der Waals surface area contributed by atoms with E-state index in [-0.39, 0.29) is 10.8 Å². The van der Waals surface area contributed by atoms with Gasteiger partial charge in [-0.3, -0.25) is 4.98 Å². The van der Waals surface area contributed by atoms with Crippen LogP contribution in [0.2, 0.25) is 0 Å². The van der Waals surface area contributed by atoms with Crippen molar-refractivity contribution in [1.82, 2.24) is 15.0 Å². The lowest BCUT2D eigenvalue weighted by Crippen LogP contribution is -2.43. The summed E-state index contributed by atoms with van der Waals surface area (Å²) in [7, 11) is -3.64. The van der Waals surface area contributed by atoms with Gasteiger partial charge in [0.1, 0.15) is 4.21 Å². The van der Waals surface area contributed by atoms with E-state index < -0.39 is 15.6 Å². The SMILES string of the molecule is O=S(=O)(NCC1(O)CCCNCC1)c1ccc(-c2ccccn2)s1. The molecule has 2 aromatic heterocycles. The van der Waals surface area contributed by atoms with Gasteiger partial charge in [0.05, 0.1) is 16.2 Å². The first-order valence-electron chi connectivity index (χ1n) is 7.93. The minimum Gasteiger partial charge on any atom is -0.388 e. The Morgan fingerprint density at radius 2 is 2.12 bits per heavy atom. The van der Waals surface area contributed by atoms with Crippen LogP contribution in [0, 0.1) is 0 Å². The molecule has 3 heterocycles. The van der Waals surface area contributed by atoms with E-state index in [1.165, 1.54) is 11.3 Å². The van der Waals surface area contributed by atoms with Crippen LogP contribution in [0.15, 0.2) is 40.7 Å². The molecule has 1 unspecified atom stereocenters. The molecule has 3 rings (SSSR count). The zero-order chi connectivity index (χ0) is 17.0. The first kappa shape index (κ1) is 17.5. The van der Waals surface area contributed by atoms with Gasteiger partial charge < -0.3 is 10.4 Å². The molecule has 8 heteroatoms. The molecule has 24 heavy (non-hydrogen) atoms. The van der Waals surface area contributed by atoms with Crippen LogP contribution in [0.3, 0.4) is 0 Å². The minimum absolute atomic E-state index is 0.0355. The maximum atomic E-state index is 12.5. The summed E-state index contributed by atoms with van der Waals surface area (Å²) >= 11 is 1.18. The highest BCUT2D eigenvalue weighted by Gasteiger charge is 2.30. The van der Waals surface area contributed by atoms with E-state index >= 15 is 0 Å². The Morgan fingerprint density at radius 3 is 2.92 bits per heavy atom. The van der Waals surface area contributed by atoms with Crippen LogP contribution in [0.25, 0.3) is 10.6 Å². The Morgan fingerprint density at radius 1 is 1.25 bits per heavy atom. The van der Waals surface area contributed by atoms with Gasteiger partial charge in [-0.2, -0.15) is 0 Å². The number of hydrogen-bond donors (Lipinski definition) is 3. The fourth-order valence-corrected chi connectivity index (χ4v) is 5.15. The number of rotatable bonds is 5. The normalized spacial score (nSPS) is 22.2. The van der Waals surface area contributed by atoms with Gasteiger partial charge in [-0.15, -0.1) is 11.3 Å². The predicted molar refractivity (Wildman–Crippen MR) is 94.4 cm³/mol. The summed E-state index contributed by atoms with van der Waals surface area (Å²) in [5.41, 5.74) is -0.241. The molecule has 0 spiro atoms. The Bertz CT molecular complexity index is 767. The summed E-state index contributed by atoms with van der Waals surface area (Å²) in [5.74, 6) is 0. The van der Waals surface area contributed by atoms with E-state index in [2.05, 4.69) is 15.0 Å². The Kier molecular flexibility index (Phi) is 5.31. The Balaban J connectivity index is 1.70. The molecule has 6 nitrogen and oxygen atoms in total. The monoisotopic (exact) mass is 367 g/mol. The second-order valence-electron chi connectivity index (χ2n) is 5.99. The fraction of sp³-hybridized carbons (Fsp3) is 0.438. The van der Waals surface area contributed by atoms with Gasteiger partial charge in [-0.25, -0.2) is 13.1 Å². The Hall–Kier alpha value is -1.32. The van der Waals surface area contributed by atoms with Gasteiger partial charge in [-0.1, -0.05) is 6.07 Å². The molecular weight excluding hydrogens is 346 g/mol. The molecule has 130 valence electrons. The summed E-state index contributed by atoms with van der Waals surface area (Å²) in [4.78, 5) is 5.03. The summed E-state index contributed by atoms with van der Waals surface area (Å²) in [6.07, 6.45) is 3.64. The zero-order valence-electron chi connectivity index (χ0n) is 13.2. The van der Waals surface area contributed by atoms with E-state index in [9.17, 15) is 13.5 Å². The van der Waals surface area contributed by atoms with Gasteiger partial charge in [0.2, 0.25) is 10.0 Å². The van der Waals surface area contributed by atoms with E-state index in [4.69, 9.17) is 0 Å². The molecule has 0 aliphatic carbocycles. The number of nitrogens with zero attached hydrogens (tertiary/aromatic N) is 1. The highest BCUT2D eigenvalue weighted by molar-refractivity contribution is 7.91. The van der Waals surface area contributed by atoms with Crippen molar-refractivity contribution in [2.75, 3.05) is 19.6 Å². The second kappa shape index (κ2) is 7.28. The fourth-order valence-electron chi connectivity index (χ4n) is 2.70. The highest BCUT2D eigenvalue weighted by Crippen LogP contribution is 2.29. The van der Waals surface area contributed by atoms with E-state index in [1.807, 2.05) is 18.2 Å². The highest BCUT2D eigenvalue weighted by atomic mass is 32.2. The summed E-state index contributed by atoms with van der Waals surface area (Å²) in [6, 6.07) is 8.86. The first-order valence-corrected chi connectivity index (χ1v) is 10.2. The lowest BCUT2D eigenvalue weighted by atomic mass is 9.95. The quantitative estimate of drug-likeness (QED) is 0.747. The molecule has 1 aliphatic heterocycles. The van der Waals surface area contributed by atoms with Gasteiger partial charge in [-0.05, 0) is 56.6 Å². The van der Waals surface area contributed by atoms with Crippen LogP contribution >= 0.6 is 11.3 Å². The third-order valence-corrected chi connectivity index (χ3v) is 7.12. The van der Waals surface area contributed by atoms with Crippen LogP contribution in [-0.2, 0) is 10.0 Å². The van der Waals surface area contributed by atoms with Crippen molar-refractivity contribution < 1.29 is 13.5 Å². The molecule has 0 aromatic carbocycles. The smallest absolute Gasteiger partial charge is 0.250 e. The van der Waals surface area contributed by atoms with Crippen molar-refractivity contribution in [2.45, 2.75) is 29.1 Å². The molecule has 1 saturated heterocycles. The van der Waals surface area contributed by atoms with Gasteiger partial charge in [0.15, 0.2) is 0 Å². The molecule has 3 N–H and O–H groups in total. The predicted octanol–water partition coefficient (Wildman–Crippen LogP) is 1.59. The van der Waals surface area contributed by atoms with Crippen LogP contribution in [0.5, 0.6) is 0 Å². The molecule has 0 saturated carbocycles. The number of aliphatic hydroxyl groups is 1. The first-order chi connectivity index (χ1) is 11.5. The summed E-state index contributed by atoms with van der Waals surface area (Å²) in [5, 5.41) is 13.8. The summed E-state index contributed by atoms with van der Waals surface area (Å²) < 4.78 is 27.8. The van der Waals surface area contributed by atoms with Crippen molar-refractivity contribution in [2.24, 2.45) is 0 Å². The van der Waals surface area contributed by atoms with Crippen LogP contribution in [-0.4, -0.2) is 43.7 Å². The molecule has 2 aromatic rings. The van der Waals surface area contributed by atoms with E-state index in [1.54, 1.807) is 18.3 Å². The minimum atomic E-state index is -3.64. The van der Waals surface area contributed by atoms with Crippen molar-refractivity contribution in [3.8, 4) is 10.6 Å². The van der Waals surface area contributed by atoms with Crippen molar-refractivity contribution >= 4 is 21.4 Å². The van der Waals surface area contributed by atoms with Gasteiger partial charge >= 0.3 is 0 Å². The second-order valence-corrected chi connectivity index (χ2v) is 9.06. The van der Waals surface area contributed by atoms with Gasteiger partial charge in [0.25, 0.3) is 0 Å². The van der Waals surface area contributed by atoms with E-state index in [0.29, 0.717) is 19.4 Å². The molecular formula is C16H21N3O3S2. The number of hydrogen-bond acceptors (Lipinski definition) is 6. The number of aromatic nitrogens is 1. The lowest BCUT2D eigenvalue weighted by molar-refractivity contribution is 0.0335. The Labute approximate surface area is 146 Å². The maximum Gasteiger partial charge on any atom is 0.250 e. The van der Waals surface area contributed by atoms with Crippen LogP contribution in [0.4, 0.5) is 0 Å². The van der Waals surface area contributed by atoms with Crippen LogP contribution in [0.1, 0.15) is 19.3 Å². The standard InChI is InChI=1S/C16H21N3O3S2/c20-16(7-3-9-17-11-8-16)12-19-24(21,22)15-6-5-14(23-15)13-4-1-2-10-18-13/h1-2,4-6,10,17,19-20H,3,7-9,11-12H2. The van der Waals surface area contributed by atoms with Crippen LogP contribution < -0.4 is 10.0 Å². The number of pyridine rings is 1. The molecule has 0 amide bonds. The summed E-state index contributed by atoms with van der Waals surface area (Å²) in [6.45, 7) is 1.59. The average molecular weight is 367 g/mol. The average Bonchev–Trinajstić information content (AvgIpc) is 2.99. The van der Waals surface area contributed by atoms with Crippen molar-refractivity contribution in [1.29, 1.82) is 0 Å². The lowest BCUT2D eigenvalue weighted by Gasteiger charge is -2.26. The van der Waals surface area contributed by atoms with Crippen molar-refractivity contribution in [3.05, 3.63) is 36.5 Å². The number of nitrogens with one attached hydrogen (secondary N) is 2. The largest absolute Gasteiger partial charge is 0.388 e.